The fourth-order valence-corrected chi connectivity index (χ4v) is 1.43. The van der Waals surface area contributed by atoms with Crippen molar-refractivity contribution in [2.24, 2.45) is 0 Å². The maximum absolute atomic E-state index is 11.4. The summed E-state index contributed by atoms with van der Waals surface area (Å²) in [5.74, 6) is 0. The first-order valence-corrected chi connectivity index (χ1v) is 5.70. The van der Waals surface area contributed by atoms with Crippen LogP contribution in [-0.4, -0.2) is 30.4 Å². The topological polar surface area (TPSA) is 43.3 Å². The van der Waals surface area contributed by atoms with E-state index in [0.29, 0.717) is 19.2 Å². The van der Waals surface area contributed by atoms with Gasteiger partial charge in [0.05, 0.1) is 6.61 Å². The lowest BCUT2D eigenvalue weighted by atomic mass is 10.3. The summed E-state index contributed by atoms with van der Waals surface area (Å²) in [5, 5.41) is 3.31. The van der Waals surface area contributed by atoms with Crippen molar-refractivity contribution in [1.82, 2.24) is 9.88 Å². The Kier molecular flexibility index (Phi) is 5.82. The minimum atomic E-state index is 0.0433. The molecule has 16 heavy (non-hydrogen) atoms. The monoisotopic (exact) mass is 224 g/mol. The summed E-state index contributed by atoms with van der Waals surface area (Å²) in [5.41, 5.74) is 0.0433. The Balaban J connectivity index is 2.25. The van der Waals surface area contributed by atoms with E-state index in [0.717, 1.165) is 13.2 Å². The minimum Gasteiger partial charge on any atom is -0.380 e. The van der Waals surface area contributed by atoms with Crippen molar-refractivity contribution in [3.8, 4) is 0 Å². The molecule has 0 saturated heterocycles. The lowest BCUT2D eigenvalue weighted by molar-refractivity contribution is 0.127. The molecule has 1 aromatic heterocycles. The van der Waals surface area contributed by atoms with Crippen LogP contribution in [0, 0.1) is 0 Å². The van der Waals surface area contributed by atoms with Crippen LogP contribution in [0.3, 0.4) is 0 Å². The number of hydrogen-bond acceptors (Lipinski definition) is 3. The normalized spacial score (nSPS) is 12.6. The van der Waals surface area contributed by atoms with Gasteiger partial charge in [-0.3, -0.25) is 4.79 Å². The zero-order chi connectivity index (χ0) is 11.8. The molecule has 0 aliphatic carbocycles. The zero-order valence-corrected chi connectivity index (χ0v) is 9.98. The van der Waals surface area contributed by atoms with Crippen molar-refractivity contribution < 1.29 is 4.74 Å². The molecule has 0 bridgehead atoms. The van der Waals surface area contributed by atoms with Crippen LogP contribution in [0.4, 0.5) is 0 Å². The van der Waals surface area contributed by atoms with Crippen LogP contribution in [0.15, 0.2) is 29.2 Å². The molecule has 1 N–H and O–H groups in total. The van der Waals surface area contributed by atoms with Crippen LogP contribution >= 0.6 is 0 Å². The largest absolute Gasteiger partial charge is 0.380 e. The number of hydrogen-bond donors (Lipinski definition) is 1. The van der Waals surface area contributed by atoms with Gasteiger partial charge in [0.2, 0.25) is 0 Å². The van der Waals surface area contributed by atoms with E-state index in [4.69, 9.17) is 4.74 Å². The average molecular weight is 224 g/mol. The van der Waals surface area contributed by atoms with Crippen molar-refractivity contribution in [2.45, 2.75) is 26.4 Å². The number of aromatic nitrogens is 1. The van der Waals surface area contributed by atoms with Gasteiger partial charge in [-0.25, -0.2) is 0 Å². The van der Waals surface area contributed by atoms with Gasteiger partial charge in [0.15, 0.2) is 0 Å². The molecule has 0 spiro atoms. The molecular weight excluding hydrogens is 204 g/mol. The molecule has 1 rings (SSSR count). The third-order valence-corrected chi connectivity index (χ3v) is 2.32. The summed E-state index contributed by atoms with van der Waals surface area (Å²) in [6, 6.07) is 5.51. The van der Waals surface area contributed by atoms with E-state index in [9.17, 15) is 4.79 Å². The maximum Gasteiger partial charge on any atom is 0.250 e. The first-order valence-electron chi connectivity index (χ1n) is 5.70. The second kappa shape index (κ2) is 7.19. The zero-order valence-electron chi connectivity index (χ0n) is 9.98. The molecule has 0 saturated carbocycles. The Morgan fingerprint density at radius 3 is 3.00 bits per heavy atom. The molecule has 90 valence electrons. The van der Waals surface area contributed by atoms with Crippen LogP contribution in [-0.2, 0) is 11.3 Å². The van der Waals surface area contributed by atoms with Gasteiger partial charge in [-0.15, -0.1) is 0 Å². The van der Waals surface area contributed by atoms with Gasteiger partial charge in [-0.05, 0) is 19.9 Å². The van der Waals surface area contributed by atoms with Gasteiger partial charge in [-0.1, -0.05) is 6.07 Å². The van der Waals surface area contributed by atoms with Gasteiger partial charge < -0.3 is 14.6 Å². The highest BCUT2D eigenvalue weighted by Gasteiger charge is 2.00. The first kappa shape index (κ1) is 12.9. The summed E-state index contributed by atoms with van der Waals surface area (Å²) in [6.07, 6.45) is 1.80. The van der Waals surface area contributed by atoms with E-state index in [2.05, 4.69) is 12.2 Å². The van der Waals surface area contributed by atoms with E-state index in [1.807, 2.05) is 13.0 Å². The molecular formula is C12H20N2O2. The maximum atomic E-state index is 11.4. The predicted molar refractivity (Wildman–Crippen MR) is 64.7 cm³/mol. The molecule has 0 aliphatic rings. The number of nitrogens with zero attached hydrogens (tertiary/aromatic N) is 1. The SMILES string of the molecule is CCOCC(C)NCCn1ccccc1=O. The highest BCUT2D eigenvalue weighted by molar-refractivity contribution is 4.93. The van der Waals surface area contributed by atoms with E-state index >= 15 is 0 Å². The number of rotatable bonds is 7. The highest BCUT2D eigenvalue weighted by atomic mass is 16.5. The van der Waals surface area contributed by atoms with Crippen LogP contribution < -0.4 is 10.9 Å². The Morgan fingerprint density at radius 2 is 2.31 bits per heavy atom. The Labute approximate surface area is 96.2 Å². The van der Waals surface area contributed by atoms with E-state index in [-0.39, 0.29) is 5.56 Å². The molecule has 0 aromatic carbocycles. The molecule has 4 nitrogen and oxygen atoms in total. The molecule has 4 heteroatoms. The Bertz CT molecular complexity index is 349. The fraction of sp³-hybridized carbons (Fsp3) is 0.583. The summed E-state index contributed by atoms with van der Waals surface area (Å²) < 4.78 is 6.99. The van der Waals surface area contributed by atoms with Crippen LogP contribution in [0.5, 0.6) is 0 Å². The van der Waals surface area contributed by atoms with Crippen molar-refractivity contribution in [3.63, 3.8) is 0 Å². The standard InChI is InChI=1S/C12H20N2O2/c1-3-16-10-11(2)13-7-9-14-8-5-4-6-12(14)15/h4-6,8,11,13H,3,7,9-10H2,1-2H3. The Morgan fingerprint density at radius 1 is 1.50 bits per heavy atom. The van der Waals surface area contributed by atoms with Gasteiger partial charge >= 0.3 is 0 Å². The van der Waals surface area contributed by atoms with Gasteiger partial charge in [-0.2, -0.15) is 0 Å². The second-order valence-corrected chi connectivity index (χ2v) is 3.75. The van der Waals surface area contributed by atoms with E-state index in [1.165, 1.54) is 0 Å². The number of ether oxygens (including phenoxy) is 1. The van der Waals surface area contributed by atoms with Gasteiger partial charge in [0.25, 0.3) is 5.56 Å². The molecule has 1 heterocycles. The molecule has 0 amide bonds. The van der Waals surface area contributed by atoms with Crippen molar-refractivity contribution >= 4 is 0 Å². The quantitative estimate of drug-likeness (QED) is 0.747. The summed E-state index contributed by atoms with van der Waals surface area (Å²) >= 11 is 0. The first-order chi connectivity index (χ1) is 7.74. The van der Waals surface area contributed by atoms with Gasteiger partial charge in [0.1, 0.15) is 0 Å². The molecule has 0 radical (unpaired) electrons. The van der Waals surface area contributed by atoms with Crippen molar-refractivity contribution in [1.29, 1.82) is 0 Å². The number of pyridine rings is 1. The third-order valence-electron chi connectivity index (χ3n) is 2.32. The predicted octanol–water partition coefficient (Wildman–Crippen LogP) is 0.863. The second-order valence-electron chi connectivity index (χ2n) is 3.75. The number of nitrogens with one attached hydrogen (secondary N) is 1. The smallest absolute Gasteiger partial charge is 0.250 e. The van der Waals surface area contributed by atoms with Gasteiger partial charge in [0, 0.05) is 38.0 Å². The van der Waals surface area contributed by atoms with Crippen LogP contribution in [0.25, 0.3) is 0 Å². The summed E-state index contributed by atoms with van der Waals surface area (Å²) in [6.45, 7) is 6.97. The molecule has 1 unspecified atom stereocenters. The lowest BCUT2D eigenvalue weighted by Crippen LogP contribution is -2.34. The van der Waals surface area contributed by atoms with Crippen LogP contribution in [0.2, 0.25) is 0 Å². The summed E-state index contributed by atoms with van der Waals surface area (Å²) in [7, 11) is 0. The summed E-state index contributed by atoms with van der Waals surface area (Å²) in [4.78, 5) is 11.4. The molecule has 0 fully saturated rings. The molecule has 0 aliphatic heterocycles. The van der Waals surface area contributed by atoms with Crippen molar-refractivity contribution in [3.05, 3.63) is 34.7 Å². The Hall–Kier alpha value is -1.13. The average Bonchev–Trinajstić information content (AvgIpc) is 2.29. The lowest BCUT2D eigenvalue weighted by Gasteiger charge is -2.13. The third kappa shape index (κ3) is 4.59. The van der Waals surface area contributed by atoms with Crippen LogP contribution in [0.1, 0.15) is 13.8 Å². The van der Waals surface area contributed by atoms with E-state index < -0.39 is 0 Å². The van der Waals surface area contributed by atoms with E-state index in [1.54, 1.807) is 22.9 Å². The molecule has 1 atom stereocenters. The minimum absolute atomic E-state index is 0.0433. The molecule has 1 aromatic rings. The fourth-order valence-electron chi connectivity index (χ4n) is 1.43. The highest BCUT2D eigenvalue weighted by Crippen LogP contribution is 1.85. The van der Waals surface area contributed by atoms with Crippen molar-refractivity contribution in [2.75, 3.05) is 19.8 Å².